The van der Waals surface area contributed by atoms with Gasteiger partial charge in [-0.25, -0.2) is 13.8 Å². The van der Waals surface area contributed by atoms with E-state index in [9.17, 15) is 13.6 Å². The van der Waals surface area contributed by atoms with Crippen molar-refractivity contribution in [3.05, 3.63) is 42.1 Å². The van der Waals surface area contributed by atoms with E-state index < -0.39 is 11.6 Å². The van der Waals surface area contributed by atoms with Crippen molar-refractivity contribution in [3.63, 3.8) is 0 Å². The van der Waals surface area contributed by atoms with E-state index >= 15 is 0 Å². The number of nitrogens with zero attached hydrogens (tertiary/aromatic N) is 2. The van der Waals surface area contributed by atoms with Gasteiger partial charge in [-0.05, 0) is 36.6 Å². The van der Waals surface area contributed by atoms with Gasteiger partial charge in [-0.15, -0.1) is 0 Å². The topological polar surface area (TPSA) is 54.5 Å². The number of benzene rings is 1. The van der Waals surface area contributed by atoms with Gasteiger partial charge >= 0.3 is 0 Å². The van der Waals surface area contributed by atoms with E-state index in [0.717, 1.165) is 37.7 Å². The smallest absolute Gasteiger partial charge is 0.250 e. The molecule has 0 aliphatic carbocycles. The van der Waals surface area contributed by atoms with Gasteiger partial charge in [0.25, 0.3) is 0 Å². The van der Waals surface area contributed by atoms with Crippen LogP contribution in [0.15, 0.2) is 30.5 Å². The van der Waals surface area contributed by atoms with Crippen molar-refractivity contribution < 1.29 is 18.3 Å². The number of halogens is 2. The lowest BCUT2D eigenvalue weighted by Crippen LogP contribution is -2.25. The first-order chi connectivity index (χ1) is 12.5. The zero-order valence-corrected chi connectivity index (χ0v) is 14.8. The summed E-state index contributed by atoms with van der Waals surface area (Å²) in [6.07, 6.45) is 2.55. The van der Waals surface area contributed by atoms with Crippen molar-refractivity contribution in [3.8, 4) is 11.1 Å². The van der Waals surface area contributed by atoms with E-state index in [0.29, 0.717) is 23.0 Å². The van der Waals surface area contributed by atoms with Crippen molar-refractivity contribution in [2.45, 2.75) is 13.3 Å². The highest BCUT2D eigenvalue weighted by Crippen LogP contribution is 2.38. The van der Waals surface area contributed by atoms with Gasteiger partial charge in [-0.1, -0.05) is 6.92 Å². The largest absolute Gasteiger partial charge is 0.375 e. The summed E-state index contributed by atoms with van der Waals surface area (Å²) in [6, 6.07) is 4.83. The molecule has 1 aromatic carbocycles. The molecular formula is C19H21F2N3O2. The second-order valence-electron chi connectivity index (χ2n) is 6.50. The second kappa shape index (κ2) is 7.78. The minimum Gasteiger partial charge on any atom is -0.375 e. The lowest BCUT2D eigenvalue weighted by atomic mass is 10.0. The Kier molecular flexibility index (Phi) is 5.46. The Morgan fingerprint density at radius 1 is 1.35 bits per heavy atom. The average molecular weight is 361 g/mol. The molecule has 1 aliphatic heterocycles. The monoisotopic (exact) mass is 361 g/mol. The van der Waals surface area contributed by atoms with Crippen LogP contribution in [0.5, 0.6) is 0 Å². The summed E-state index contributed by atoms with van der Waals surface area (Å²) >= 11 is 0. The Labute approximate surface area is 151 Å². The quantitative estimate of drug-likeness (QED) is 0.886. The average Bonchev–Trinajstić information content (AvgIpc) is 3.04. The molecule has 0 bridgehead atoms. The zero-order chi connectivity index (χ0) is 18.7. The normalized spacial score (nSPS) is 16.8. The van der Waals surface area contributed by atoms with Gasteiger partial charge in [0.2, 0.25) is 5.91 Å². The third kappa shape index (κ3) is 3.83. The summed E-state index contributed by atoms with van der Waals surface area (Å²) in [6.45, 7) is 3.57. The summed E-state index contributed by atoms with van der Waals surface area (Å²) in [5.74, 6) is -0.454. The van der Waals surface area contributed by atoms with Crippen LogP contribution in [0.25, 0.3) is 11.1 Å². The molecule has 3 rings (SSSR count). The van der Waals surface area contributed by atoms with Crippen LogP contribution in [0.3, 0.4) is 0 Å². The molecule has 0 unspecified atom stereocenters. The van der Waals surface area contributed by atoms with Gasteiger partial charge in [-0.3, -0.25) is 4.79 Å². The van der Waals surface area contributed by atoms with Crippen molar-refractivity contribution in [1.29, 1.82) is 0 Å². The Balaban J connectivity index is 2.11. The summed E-state index contributed by atoms with van der Waals surface area (Å²) in [5, 5.41) is 2.76. The van der Waals surface area contributed by atoms with Gasteiger partial charge < -0.3 is 15.0 Å². The highest BCUT2D eigenvalue weighted by molar-refractivity contribution is 6.00. The van der Waals surface area contributed by atoms with Crippen LogP contribution < -0.4 is 10.2 Å². The van der Waals surface area contributed by atoms with E-state index in [2.05, 4.69) is 17.2 Å². The van der Waals surface area contributed by atoms with Crippen molar-refractivity contribution in [2.75, 3.05) is 37.0 Å². The second-order valence-corrected chi connectivity index (χ2v) is 6.50. The third-order valence-electron chi connectivity index (χ3n) is 4.41. The maximum atomic E-state index is 14.4. The number of methoxy groups -OCH3 is 1. The predicted octanol–water partition coefficient (Wildman–Crippen LogP) is 3.46. The molecule has 0 radical (unpaired) electrons. The van der Waals surface area contributed by atoms with Crippen molar-refractivity contribution in [2.24, 2.45) is 5.92 Å². The Morgan fingerprint density at radius 2 is 2.15 bits per heavy atom. The first-order valence-corrected chi connectivity index (χ1v) is 8.47. The van der Waals surface area contributed by atoms with E-state index in [-0.39, 0.29) is 18.1 Å². The molecule has 1 N–H and O–H groups in total. The van der Waals surface area contributed by atoms with Gasteiger partial charge in [0.1, 0.15) is 18.2 Å². The van der Waals surface area contributed by atoms with Gasteiger partial charge in [0.15, 0.2) is 5.82 Å². The summed E-state index contributed by atoms with van der Waals surface area (Å²) in [7, 11) is 1.42. The number of amides is 1. The number of aromatic nitrogens is 1. The number of anilines is 2. The lowest BCUT2D eigenvalue weighted by Gasteiger charge is -2.23. The number of carbonyl (C=O) groups is 1. The molecule has 1 atom stereocenters. The van der Waals surface area contributed by atoms with Crippen LogP contribution in [0, 0.1) is 17.6 Å². The SMILES string of the molecule is COCC(=O)Nc1c(-c2cc(F)ccc2F)ccnc1N1CC[C@H](C)C1. The number of hydrogen-bond acceptors (Lipinski definition) is 4. The molecule has 1 amide bonds. The number of hydrogen-bond donors (Lipinski definition) is 1. The highest BCUT2D eigenvalue weighted by atomic mass is 19.1. The molecule has 2 aromatic rings. The maximum absolute atomic E-state index is 14.4. The summed E-state index contributed by atoms with van der Waals surface area (Å²) < 4.78 is 32.9. The molecule has 2 heterocycles. The molecule has 138 valence electrons. The minimum atomic E-state index is -0.569. The highest BCUT2D eigenvalue weighted by Gasteiger charge is 2.25. The maximum Gasteiger partial charge on any atom is 0.250 e. The van der Waals surface area contributed by atoms with E-state index in [1.165, 1.54) is 7.11 Å². The van der Waals surface area contributed by atoms with Gasteiger partial charge in [-0.2, -0.15) is 0 Å². The van der Waals surface area contributed by atoms with Crippen molar-refractivity contribution in [1.82, 2.24) is 4.98 Å². The molecule has 5 nitrogen and oxygen atoms in total. The van der Waals surface area contributed by atoms with Gasteiger partial charge in [0.05, 0.1) is 5.69 Å². The molecule has 1 saturated heterocycles. The Bertz CT molecular complexity index is 813. The van der Waals surface area contributed by atoms with Crippen LogP contribution in [0.2, 0.25) is 0 Å². The van der Waals surface area contributed by atoms with Gasteiger partial charge in [0, 0.05) is 37.5 Å². The molecule has 7 heteroatoms. The number of rotatable bonds is 5. The Morgan fingerprint density at radius 3 is 2.85 bits per heavy atom. The zero-order valence-electron chi connectivity index (χ0n) is 14.8. The summed E-state index contributed by atoms with van der Waals surface area (Å²) in [4.78, 5) is 18.6. The minimum absolute atomic E-state index is 0.0774. The van der Waals surface area contributed by atoms with Crippen LogP contribution in [0.4, 0.5) is 20.3 Å². The van der Waals surface area contributed by atoms with E-state index in [1.54, 1.807) is 12.3 Å². The fourth-order valence-electron chi connectivity index (χ4n) is 3.18. The van der Waals surface area contributed by atoms with Crippen LogP contribution in [0.1, 0.15) is 13.3 Å². The standard InChI is InChI=1S/C19H21F2N3O2/c1-12-6-8-24(10-12)19-18(23-17(25)11-26-2)14(5-7-22-19)15-9-13(20)3-4-16(15)21/h3-5,7,9,12H,6,8,10-11H2,1-2H3,(H,23,25)/t12-/m0/s1. The van der Waals surface area contributed by atoms with Crippen LogP contribution in [-0.4, -0.2) is 37.7 Å². The Hall–Kier alpha value is -2.54. The molecule has 1 aromatic heterocycles. The first-order valence-electron chi connectivity index (χ1n) is 8.47. The number of nitrogens with one attached hydrogen (secondary N) is 1. The molecule has 0 saturated carbocycles. The fourth-order valence-corrected chi connectivity index (χ4v) is 3.18. The molecule has 1 fully saturated rings. The van der Waals surface area contributed by atoms with Crippen LogP contribution >= 0.6 is 0 Å². The lowest BCUT2D eigenvalue weighted by molar-refractivity contribution is -0.119. The van der Waals surface area contributed by atoms with Crippen molar-refractivity contribution >= 4 is 17.4 Å². The number of carbonyl (C=O) groups excluding carboxylic acids is 1. The molecule has 1 aliphatic rings. The summed E-state index contributed by atoms with van der Waals surface area (Å²) in [5.41, 5.74) is 0.831. The number of ether oxygens (including phenoxy) is 1. The van der Waals surface area contributed by atoms with E-state index in [1.807, 2.05) is 4.90 Å². The molecular weight excluding hydrogens is 340 g/mol. The molecule has 26 heavy (non-hydrogen) atoms. The predicted molar refractivity (Wildman–Crippen MR) is 96.1 cm³/mol. The van der Waals surface area contributed by atoms with Crippen LogP contribution in [-0.2, 0) is 9.53 Å². The number of pyridine rings is 1. The fraction of sp³-hybridized carbons (Fsp3) is 0.368. The van der Waals surface area contributed by atoms with E-state index in [4.69, 9.17) is 4.74 Å². The molecule has 0 spiro atoms. The first kappa shape index (κ1) is 18.3. The third-order valence-corrected chi connectivity index (χ3v) is 4.41.